The van der Waals surface area contributed by atoms with Crippen LogP contribution < -0.4 is 5.73 Å². The molecule has 1 aromatic carbocycles. The minimum absolute atomic E-state index is 0.00148. The Balaban J connectivity index is 2.80. The molecule has 112 valence electrons. The molecule has 0 fully saturated rings. The maximum atomic E-state index is 12.6. The van der Waals surface area contributed by atoms with Crippen LogP contribution in [0.15, 0.2) is 24.3 Å². The van der Waals surface area contributed by atoms with Gasteiger partial charge in [0, 0.05) is 18.9 Å². The van der Waals surface area contributed by atoms with Crippen LogP contribution in [0, 0.1) is 11.8 Å². The Morgan fingerprint density at radius 2 is 1.95 bits per heavy atom. The van der Waals surface area contributed by atoms with E-state index >= 15 is 0 Å². The Kier molecular flexibility index (Phi) is 5.74. The molecular formula is C15H20F3NO. The maximum Gasteiger partial charge on any atom is 0.416 e. The zero-order valence-corrected chi connectivity index (χ0v) is 11.7. The molecule has 0 aliphatic rings. The summed E-state index contributed by atoms with van der Waals surface area (Å²) in [6, 6.07) is 4.89. The van der Waals surface area contributed by atoms with Crippen molar-refractivity contribution in [2.24, 2.45) is 17.6 Å². The van der Waals surface area contributed by atoms with Crippen molar-refractivity contribution in [3.05, 3.63) is 35.4 Å². The van der Waals surface area contributed by atoms with Gasteiger partial charge in [0.25, 0.3) is 0 Å². The van der Waals surface area contributed by atoms with Crippen molar-refractivity contribution in [2.45, 2.75) is 32.9 Å². The van der Waals surface area contributed by atoms with Crippen LogP contribution in [0.4, 0.5) is 13.2 Å². The molecule has 2 nitrogen and oxygen atoms in total. The molecular weight excluding hydrogens is 267 g/mol. The molecule has 0 amide bonds. The van der Waals surface area contributed by atoms with Crippen LogP contribution >= 0.6 is 0 Å². The molecule has 0 radical (unpaired) electrons. The molecule has 1 aromatic rings. The third-order valence-corrected chi connectivity index (χ3v) is 3.13. The number of alkyl halides is 3. The van der Waals surface area contributed by atoms with E-state index in [2.05, 4.69) is 0 Å². The highest BCUT2D eigenvalue weighted by Crippen LogP contribution is 2.29. The Labute approximate surface area is 117 Å². The fourth-order valence-electron chi connectivity index (χ4n) is 2.13. The minimum Gasteiger partial charge on any atom is -0.330 e. The first-order valence-electron chi connectivity index (χ1n) is 6.63. The van der Waals surface area contributed by atoms with Crippen molar-refractivity contribution in [3.63, 3.8) is 0 Å². The lowest BCUT2D eigenvalue weighted by atomic mass is 9.90. The quantitative estimate of drug-likeness (QED) is 0.871. The molecule has 0 aliphatic carbocycles. The molecule has 0 aliphatic heterocycles. The van der Waals surface area contributed by atoms with E-state index in [9.17, 15) is 18.0 Å². The maximum absolute atomic E-state index is 12.6. The minimum atomic E-state index is -4.38. The predicted molar refractivity (Wildman–Crippen MR) is 72.2 cm³/mol. The summed E-state index contributed by atoms with van der Waals surface area (Å²) in [6.07, 6.45) is -3.73. The van der Waals surface area contributed by atoms with Crippen LogP contribution in [-0.2, 0) is 17.4 Å². The van der Waals surface area contributed by atoms with E-state index in [1.807, 2.05) is 13.8 Å². The average Bonchev–Trinajstić information content (AvgIpc) is 2.34. The van der Waals surface area contributed by atoms with Crippen LogP contribution in [0.1, 0.15) is 31.4 Å². The van der Waals surface area contributed by atoms with Crippen LogP contribution in [0.5, 0.6) is 0 Å². The zero-order valence-electron chi connectivity index (χ0n) is 11.7. The van der Waals surface area contributed by atoms with E-state index in [-0.39, 0.29) is 24.7 Å². The highest BCUT2D eigenvalue weighted by molar-refractivity contribution is 5.83. The Hall–Kier alpha value is -1.36. The van der Waals surface area contributed by atoms with Crippen LogP contribution in [0.2, 0.25) is 0 Å². The first kappa shape index (κ1) is 16.7. The standard InChI is InChI=1S/C15H20F3NO/c1-10(2)6-12(9-19)14(20)8-11-4-3-5-13(7-11)15(16,17)18/h3-5,7,10,12H,6,8-9,19H2,1-2H3. The second-order valence-corrected chi connectivity index (χ2v) is 5.40. The largest absolute Gasteiger partial charge is 0.416 e. The highest BCUT2D eigenvalue weighted by Gasteiger charge is 2.30. The van der Waals surface area contributed by atoms with E-state index in [4.69, 9.17) is 5.73 Å². The molecule has 1 atom stereocenters. The number of benzene rings is 1. The number of nitrogens with two attached hydrogens (primary N) is 1. The number of Topliss-reactive ketones (excluding diaryl/α,β-unsaturated/α-hetero) is 1. The van der Waals surface area contributed by atoms with Crippen LogP contribution in [0.3, 0.4) is 0 Å². The van der Waals surface area contributed by atoms with Gasteiger partial charge in [-0.1, -0.05) is 32.0 Å². The lowest BCUT2D eigenvalue weighted by molar-refractivity contribution is -0.137. The number of carbonyl (C=O) groups excluding carboxylic acids is 1. The average molecular weight is 287 g/mol. The van der Waals surface area contributed by atoms with Crippen molar-refractivity contribution < 1.29 is 18.0 Å². The van der Waals surface area contributed by atoms with Gasteiger partial charge < -0.3 is 5.73 Å². The molecule has 0 heterocycles. The zero-order chi connectivity index (χ0) is 15.3. The second-order valence-electron chi connectivity index (χ2n) is 5.40. The highest BCUT2D eigenvalue weighted by atomic mass is 19.4. The number of hydrogen-bond donors (Lipinski definition) is 1. The van der Waals surface area contributed by atoms with E-state index in [0.29, 0.717) is 17.9 Å². The third kappa shape index (κ3) is 4.96. The van der Waals surface area contributed by atoms with Gasteiger partial charge in [0.05, 0.1) is 5.56 Å². The molecule has 0 aromatic heterocycles. The van der Waals surface area contributed by atoms with Crippen LogP contribution in [0.25, 0.3) is 0 Å². The molecule has 2 N–H and O–H groups in total. The van der Waals surface area contributed by atoms with E-state index in [1.54, 1.807) is 0 Å². The van der Waals surface area contributed by atoms with Gasteiger partial charge in [0.2, 0.25) is 0 Å². The summed E-state index contributed by atoms with van der Waals surface area (Å²) in [5.74, 6) is -0.0564. The van der Waals surface area contributed by atoms with Crippen molar-refractivity contribution in [2.75, 3.05) is 6.54 Å². The SMILES string of the molecule is CC(C)CC(CN)C(=O)Cc1cccc(C(F)(F)F)c1. The van der Waals surface area contributed by atoms with Gasteiger partial charge in [-0.15, -0.1) is 0 Å². The molecule has 1 rings (SSSR count). The fourth-order valence-corrected chi connectivity index (χ4v) is 2.13. The molecule has 20 heavy (non-hydrogen) atoms. The van der Waals surface area contributed by atoms with E-state index < -0.39 is 11.7 Å². The fraction of sp³-hybridized carbons (Fsp3) is 0.533. The summed E-state index contributed by atoms with van der Waals surface area (Å²) in [5, 5.41) is 0. The summed E-state index contributed by atoms with van der Waals surface area (Å²) in [4.78, 5) is 12.1. The molecule has 0 bridgehead atoms. The Morgan fingerprint density at radius 3 is 2.45 bits per heavy atom. The lowest BCUT2D eigenvalue weighted by Gasteiger charge is -2.16. The van der Waals surface area contributed by atoms with E-state index in [1.165, 1.54) is 12.1 Å². The predicted octanol–water partition coefficient (Wildman–Crippen LogP) is 3.44. The van der Waals surface area contributed by atoms with Crippen molar-refractivity contribution in [1.82, 2.24) is 0 Å². The number of rotatable bonds is 6. The second kappa shape index (κ2) is 6.88. The summed E-state index contributed by atoms with van der Waals surface area (Å²) in [7, 11) is 0. The van der Waals surface area contributed by atoms with Gasteiger partial charge >= 0.3 is 6.18 Å². The van der Waals surface area contributed by atoms with Gasteiger partial charge in [-0.05, 0) is 24.0 Å². The monoisotopic (exact) mass is 287 g/mol. The normalized spacial score (nSPS) is 13.6. The van der Waals surface area contributed by atoms with Gasteiger partial charge in [0.1, 0.15) is 5.78 Å². The number of hydrogen-bond acceptors (Lipinski definition) is 2. The molecule has 1 unspecified atom stereocenters. The van der Waals surface area contributed by atoms with Gasteiger partial charge in [0.15, 0.2) is 0 Å². The third-order valence-electron chi connectivity index (χ3n) is 3.13. The van der Waals surface area contributed by atoms with Gasteiger partial charge in [-0.3, -0.25) is 4.79 Å². The number of halogens is 3. The van der Waals surface area contributed by atoms with Crippen LogP contribution in [-0.4, -0.2) is 12.3 Å². The van der Waals surface area contributed by atoms with Crippen molar-refractivity contribution >= 4 is 5.78 Å². The summed E-state index contributed by atoms with van der Waals surface area (Å²) >= 11 is 0. The number of carbonyl (C=O) groups is 1. The van der Waals surface area contributed by atoms with Crippen molar-refractivity contribution in [1.29, 1.82) is 0 Å². The summed E-state index contributed by atoms with van der Waals surface area (Å²) in [6.45, 7) is 4.20. The van der Waals surface area contributed by atoms with Gasteiger partial charge in [-0.2, -0.15) is 13.2 Å². The molecule has 0 saturated heterocycles. The van der Waals surface area contributed by atoms with Crippen molar-refractivity contribution in [3.8, 4) is 0 Å². The molecule has 0 spiro atoms. The first-order chi connectivity index (χ1) is 9.24. The smallest absolute Gasteiger partial charge is 0.330 e. The lowest BCUT2D eigenvalue weighted by Crippen LogP contribution is -2.26. The van der Waals surface area contributed by atoms with Gasteiger partial charge in [-0.25, -0.2) is 0 Å². The molecule has 5 heteroatoms. The summed E-state index contributed by atoms with van der Waals surface area (Å²) in [5.41, 5.74) is 5.23. The van der Waals surface area contributed by atoms with E-state index in [0.717, 1.165) is 12.1 Å². The topological polar surface area (TPSA) is 43.1 Å². The number of ketones is 1. The molecule has 0 saturated carbocycles. The summed E-state index contributed by atoms with van der Waals surface area (Å²) < 4.78 is 37.8. The Bertz CT molecular complexity index is 455. The first-order valence-corrected chi connectivity index (χ1v) is 6.63. The Morgan fingerprint density at radius 1 is 1.30 bits per heavy atom.